The van der Waals surface area contributed by atoms with Crippen LogP contribution in [0.3, 0.4) is 0 Å². The van der Waals surface area contributed by atoms with Gasteiger partial charge in [-0.15, -0.1) is 0 Å². The van der Waals surface area contributed by atoms with E-state index in [9.17, 15) is 17.6 Å². The molecule has 0 fully saturated rings. The summed E-state index contributed by atoms with van der Waals surface area (Å²) in [5.74, 6) is -2.02. The third-order valence-corrected chi connectivity index (χ3v) is 4.56. The number of hydrogen-bond acceptors (Lipinski definition) is 4. The van der Waals surface area contributed by atoms with E-state index in [1.54, 1.807) is 19.0 Å². The molecule has 0 amide bonds. The van der Waals surface area contributed by atoms with Crippen molar-refractivity contribution in [3.63, 3.8) is 0 Å². The maximum absolute atomic E-state index is 12.8. The van der Waals surface area contributed by atoms with Crippen molar-refractivity contribution in [2.24, 2.45) is 0 Å². The predicted molar refractivity (Wildman–Crippen MR) is 76.8 cm³/mol. The Morgan fingerprint density at radius 1 is 1.19 bits per heavy atom. The zero-order valence-electron chi connectivity index (χ0n) is 12.0. The number of carboxylic acids is 1. The van der Waals surface area contributed by atoms with E-state index in [4.69, 9.17) is 5.11 Å². The highest BCUT2D eigenvalue weighted by atomic mass is 32.2. The van der Waals surface area contributed by atoms with Gasteiger partial charge in [-0.3, -0.25) is 4.79 Å². The molecule has 0 aliphatic heterocycles. The van der Waals surface area contributed by atoms with Crippen molar-refractivity contribution in [3.8, 4) is 0 Å². The Kier molecular flexibility index (Phi) is 6.25. The van der Waals surface area contributed by atoms with E-state index in [0.29, 0.717) is 12.1 Å². The molecule has 0 saturated carbocycles. The summed E-state index contributed by atoms with van der Waals surface area (Å²) in [6, 6.07) is 5.09. The first-order valence-corrected chi connectivity index (χ1v) is 7.90. The second kappa shape index (κ2) is 7.48. The van der Waals surface area contributed by atoms with Gasteiger partial charge < -0.3 is 10.0 Å². The highest BCUT2D eigenvalue weighted by Gasteiger charge is 2.24. The third kappa shape index (κ3) is 6.19. The number of halogens is 1. The summed E-state index contributed by atoms with van der Waals surface area (Å²) in [5.41, 5.74) is 0.414. The number of carboxylic acid groups (broad SMARTS) is 1. The van der Waals surface area contributed by atoms with Crippen LogP contribution in [0.4, 0.5) is 4.39 Å². The zero-order chi connectivity index (χ0) is 16.0. The van der Waals surface area contributed by atoms with Crippen LogP contribution in [0.1, 0.15) is 5.56 Å². The molecule has 0 bridgehead atoms. The van der Waals surface area contributed by atoms with Crippen LogP contribution in [0.5, 0.6) is 0 Å². The summed E-state index contributed by atoms with van der Waals surface area (Å²) in [6.07, 6.45) is 0. The van der Waals surface area contributed by atoms with Gasteiger partial charge >= 0.3 is 5.97 Å². The molecular weight excluding hydrogens is 299 g/mol. The lowest BCUT2D eigenvalue weighted by Gasteiger charge is -2.22. The summed E-state index contributed by atoms with van der Waals surface area (Å²) in [6.45, 7) is -0.0872. The largest absolute Gasteiger partial charge is 0.480 e. The minimum Gasteiger partial charge on any atom is -0.480 e. The summed E-state index contributed by atoms with van der Waals surface area (Å²) in [4.78, 5) is 12.6. The molecule has 1 aromatic carbocycles. The molecule has 1 rings (SSSR count). The number of rotatable bonds is 8. The fraction of sp³-hybridized carbons (Fsp3) is 0.462. The molecule has 0 aliphatic rings. The number of carbonyl (C=O) groups is 1. The normalized spacial score (nSPS) is 12.0. The van der Waals surface area contributed by atoms with Gasteiger partial charge in [-0.1, -0.05) is 12.1 Å². The Labute approximate surface area is 123 Å². The number of likely N-dealkylation sites (N-methyl/N-ethyl adjacent to an activating group) is 1. The molecule has 0 aliphatic carbocycles. The number of nitrogens with zero attached hydrogens (tertiary/aromatic N) is 2. The molecule has 0 saturated heterocycles. The van der Waals surface area contributed by atoms with Gasteiger partial charge in [-0.2, -0.15) is 4.31 Å². The van der Waals surface area contributed by atoms with Crippen LogP contribution in [0.2, 0.25) is 0 Å². The molecule has 0 atom stereocenters. The first-order valence-electron chi connectivity index (χ1n) is 6.29. The topological polar surface area (TPSA) is 77.9 Å². The van der Waals surface area contributed by atoms with Gasteiger partial charge in [0.05, 0.1) is 5.75 Å². The maximum atomic E-state index is 12.8. The minimum atomic E-state index is -3.78. The zero-order valence-corrected chi connectivity index (χ0v) is 12.8. The van der Waals surface area contributed by atoms with Gasteiger partial charge in [0.25, 0.3) is 0 Å². The number of hydrogen-bond donors (Lipinski definition) is 1. The van der Waals surface area contributed by atoms with Crippen LogP contribution in [0.15, 0.2) is 24.3 Å². The van der Waals surface area contributed by atoms with Crippen molar-refractivity contribution in [3.05, 3.63) is 35.6 Å². The Morgan fingerprint density at radius 2 is 1.76 bits per heavy atom. The van der Waals surface area contributed by atoms with E-state index < -0.39 is 28.4 Å². The van der Waals surface area contributed by atoms with E-state index in [2.05, 4.69) is 0 Å². The molecule has 8 heteroatoms. The van der Waals surface area contributed by atoms with Crippen LogP contribution in [-0.4, -0.2) is 62.4 Å². The van der Waals surface area contributed by atoms with Gasteiger partial charge in [0.15, 0.2) is 0 Å². The lowest BCUT2D eigenvalue weighted by Crippen LogP contribution is -2.40. The molecule has 1 aromatic rings. The first kappa shape index (κ1) is 17.5. The molecular formula is C13H19FN2O4S. The Bertz CT molecular complexity index is 572. The highest BCUT2D eigenvalue weighted by Crippen LogP contribution is 2.12. The van der Waals surface area contributed by atoms with Gasteiger partial charge in [-0.25, -0.2) is 12.8 Å². The minimum absolute atomic E-state index is 0.0861. The summed E-state index contributed by atoms with van der Waals surface area (Å²) in [5, 5.41) is 8.85. The molecule has 0 aromatic heterocycles. The highest BCUT2D eigenvalue weighted by molar-refractivity contribution is 7.88. The van der Waals surface area contributed by atoms with Crippen molar-refractivity contribution in [2.45, 2.75) is 5.75 Å². The molecule has 6 nitrogen and oxygen atoms in total. The van der Waals surface area contributed by atoms with Crippen LogP contribution in [-0.2, 0) is 20.6 Å². The van der Waals surface area contributed by atoms with Crippen molar-refractivity contribution >= 4 is 16.0 Å². The Balaban J connectivity index is 2.86. The molecule has 118 valence electrons. The summed E-state index contributed by atoms with van der Waals surface area (Å²) >= 11 is 0. The first-order chi connectivity index (χ1) is 9.70. The average Bonchev–Trinajstić information content (AvgIpc) is 2.36. The fourth-order valence-corrected chi connectivity index (χ4v) is 3.12. The van der Waals surface area contributed by atoms with E-state index in [0.717, 1.165) is 4.31 Å². The monoisotopic (exact) mass is 318 g/mol. The summed E-state index contributed by atoms with van der Waals surface area (Å²) < 4.78 is 38.3. The van der Waals surface area contributed by atoms with Gasteiger partial charge in [-0.05, 0) is 31.8 Å². The van der Waals surface area contributed by atoms with Crippen molar-refractivity contribution in [2.75, 3.05) is 33.7 Å². The Morgan fingerprint density at radius 3 is 2.24 bits per heavy atom. The molecule has 0 radical (unpaired) electrons. The Hall–Kier alpha value is -1.51. The standard InChI is InChI=1S/C13H19FN2O4S/c1-15(2)7-8-16(9-13(17)18)21(19,20)10-11-3-5-12(14)6-4-11/h3-6H,7-10H2,1-2H3,(H,17,18). The molecule has 1 N–H and O–H groups in total. The van der Waals surface area contributed by atoms with E-state index >= 15 is 0 Å². The van der Waals surface area contributed by atoms with E-state index in [1.165, 1.54) is 24.3 Å². The number of aliphatic carboxylic acids is 1. The molecule has 21 heavy (non-hydrogen) atoms. The number of sulfonamides is 1. The third-order valence-electron chi connectivity index (χ3n) is 2.76. The quantitative estimate of drug-likeness (QED) is 0.759. The van der Waals surface area contributed by atoms with Gasteiger partial charge in [0, 0.05) is 13.1 Å². The van der Waals surface area contributed by atoms with Gasteiger partial charge in [0.1, 0.15) is 12.4 Å². The molecule has 0 unspecified atom stereocenters. The van der Waals surface area contributed by atoms with Crippen molar-refractivity contribution < 1.29 is 22.7 Å². The lowest BCUT2D eigenvalue weighted by atomic mass is 10.2. The van der Waals surface area contributed by atoms with Crippen LogP contribution < -0.4 is 0 Å². The fourth-order valence-electron chi connectivity index (χ4n) is 1.66. The van der Waals surface area contributed by atoms with E-state index in [1.807, 2.05) is 0 Å². The van der Waals surface area contributed by atoms with E-state index in [-0.39, 0.29) is 12.3 Å². The van der Waals surface area contributed by atoms with Crippen molar-refractivity contribution in [1.82, 2.24) is 9.21 Å². The van der Waals surface area contributed by atoms with Crippen LogP contribution in [0.25, 0.3) is 0 Å². The van der Waals surface area contributed by atoms with Gasteiger partial charge in [0.2, 0.25) is 10.0 Å². The van der Waals surface area contributed by atoms with Crippen LogP contribution in [0, 0.1) is 5.82 Å². The second-order valence-corrected chi connectivity index (χ2v) is 6.88. The summed E-state index contributed by atoms with van der Waals surface area (Å²) in [7, 11) is -0.237. The second-order valence-electron chi connectivity index (χ2n) is 4.91. The van der Waals surface area contributed by atoms with Crippen molar-refractivity contribution in [1.29, 1.82) is 0 Å². The molecule has 0 heterocycles. The predicted octanol–water partition coefficient (Wildman–Crippen LogP) is 0.604. The smallest absolute Gasteiger partial charge is 0.318 e. The molecule has 0 spiro atoms. The van der Waals surface area contributed by atoms with Crippen LogP contribution >= 0.6 is 0 Å². The lowest BCUT2D eigenvalue weighted by molar-refractivity contribution is -0.137. The maximum Gasteiger partial charge on any atom is 0.318 e. The average molecular weight is 318 g/mol. The SMILES string of the molecule is CN(C)CCN(CC(=O)O)S(=O)(=O)Cc1ccc(F)cc1. The number of benzene rings is 1.